The van der Waals surface area contributed by atoms with Crippen LogP contribution in [-0.2, 0) is 4.79 Å². The minimum atomic E-state index is 0.0214. The Hall–Kier alpha value is -2.03. The van der Waals surface area contributed by atoms with Gasteiger partial charge in [-0.2, -0.15) is 0 Å². The SMILES string of the molecule is COc1ccc(/C=C/C2=CC(=O)CC(C)(C)C2)cc1O. The molecule has 0 spiro atoms. The smallest absolute Gasteiger partial charge is 0.160 e. The van der Waals surface area contributed by atoms with Gasteiger partial charge in [0.25, 0.3) is 0 Å². The number of carbonyl (C=O) groups is 1. The Morgan fingerprint density at radius 3 is 2.60 bits per heavy atom. The third kappa shape index (κ3) is 3.50. The maximum atomic E-state index is 11.7. The van der Waals surface area contributed by atoms with E-state index < -0.39 is 0 Å². The van der Waals surface area contributed by atoms with Gasteiger partial charge in [-0.3, -0.25) is 4.79 Å². The summed E-state index contributed by atoms with van der Waals surface area (Å²) in [5.41, 5.74) is 1.93. The first-order valence-corrected chi connectivity index (χ1v) is 6.68. The monoisotopic (exact) mass is 272 g/mol. The maximum Gasteiger partial charge on any atom is 0.160 e. The second-order valence-corrected chi connectivity index (χ2v) is 5.97. The summed E-state index contributed by atoms with van der Waals surface area (Å²) < 4.78 is 5.01. The van der Waals surface area contributed by atoms with Gasteiger partial charge in [-0.1, -0.05) is 32.1 Å². The average Bonchev–Trinajstić information content (AvgIpc) is 2.34. The van der Waals surface area contributed by atoms with Crippen molar-refractivity contribution in [2.45, 2.75) is 26.7 Å². The summed E-state index contributed by atoms with van der Waals surface area (Å²) in [4.78, 5) is 11.7. The van der Waals surface area contributed by atoms with Crippen LogP contribution in [0.25, 0.3) is 6.08 Å². The highest BCUT2D eigenvalue weighted by Crippen LogP contribution is 2.34. The molecule has 0 saturated heterocycles. The predicted octanol–water partition coefficient (Wildman–Crippen LogP) is 3.73. The topological polar surface area (TPSA) is 46.5 Å². The van der Waals surface area contributed by atoms with Gasteiger partial charge in [0.05, 0.1) is 7.11 Å². The van der Waals surface area contributed by atoms with Gasteiger partial charge in [0.2, 0.25) is 0 Å². The van der Waals surface area contributed by atoms with Crippen LogP contribution >= 0.6 is 0 Å². The van der Waals surface area contributed by atoms with Crippen LogP contribution in [0.15, 0.2) is 35.9 Å². The van der Waals surface area contributed by atoms with Gasteiger partial charge in [0.1, 0.15) is 0 Å². The fourth-order valence-electron chi connectivity index (χ4n) is 2.52. The van der Waals surface area contributed by atoms with Crippen LogP contribution in [0.3, 0.4) is 0 Å². The van der Waals surface area contributed by atoms with E-state index in [0.717, 1.165) is 17.6 Å². The largest absolute Gasteiger partial charge is 0.504 e. The first-order chi connectivity index (χ1) is 9.39. The zero-order valence-corrected chi connectivity index (χ0v) is 12.1. The molecule has 0 saturated carbocycles. The first-order valence-electron chi connectivity index (χ1n) is 6.68. The minimum Gasteiger partial charge on any atom is -0.504 e. The van der Waals surface area contributed by atoms with Gasteiger partial charge >= 0.3 is 0 Å². The Labute approximate surface area is 119 Å². The summed E-state index contributed by atoms with van der Waals surface area (Å²) in [5, 5.41) is 9.73. The molecule has 0 bridgehead atoms. The number of phenolic OH excluding ortho intramolecular Hbond substituents is 1. The Bertz CT molecular complexity index is 580. The summed E-state index contributed by atoms with van der Waals surface area (Å²) in [5.74, 6) is 0.748. The molecule has 0 amide bonds. The molecule has 0 heterocycles. The summed E-state index contributed by atoms with van der Waals surface area (Å²) in [6.45, 7) is 4.20. The number of phenols is 1. The number of carbonyl (C=O) groups excluding carboxylic acids is 1. The van der Waals surface area contributed by atoms with E-state index in [1.54, 1.807) is 18.2 Å². The van der Waals surface area contributed by atoms with Crippen molar-refractivity contribution in [2.75, 3.05) is 7.11 Å². The molecule has 1 aromatic carbocycles. The minimum absolute atomic E-state index is 0.0214. The number of hydrogen-bond acceptors (Lipinski definition) is 3. The Morgan fingerprint density at radius 1 is 1.25 bits per heavy atom. The number of allylic oxidation sites excluding steroid dienone is 3. The van der Waals surface area contributed by atoms with Crippen LogP contribution < -0.4 is 4.74 Å². The second-order valence-electron chi connectivity index (χ2n) is 5.97. The Balaban J connectivity index is 2.17. The van der Waals surface area contributed by atoms with Crippen molar-refractivity contribution in [1.29, 1.82) is 0 Å². The van der Waals surface area contributed by atoms with Crippen LogP contribution in [0.1, 0.15) is 32.3 Å². The van der Waals surface area contributed by atoms with E-state index >= 15 is 0 Å². The molecule has 20 heavy (non-hydrogen) atoms. The molecule has 2 rings (SSSR count). The lowest BCUT2D eigenvalue weighted by atomic mass is 9.77. The molecule has 106 valence electrons. The lowest BCUT2D eigenvalue weighted by Crippen LogP contribution is -2.21. The molecule has 1 aliphatic rings. The fourth-order valence-corrected chi connectivity index (χ4v) is 2.52. The molecular weight excluding hydrogens is 252 g/mol. The van der Waals surface area contributed by atoms with Gasteiger partial charge in [0, 0.05) is 6.42 Å². The van der Waals surface area contributed by atoms with Crippen molar-refractivity contribution < 1.29 is 14.6 Å². The second kappa shape index (κ2) is 5.53. The molecule has 0 aliphatic heterocycles. The van der Waals surface area contributed by atoms with E-state index in [1.165, 1.54) is 7.11 Å². The summed E-state index contributed by atoms with van der Waals surface area (Å²) in [7, 11) is 1.52. The predicted molar refractivity (Wildman–Crippen MR) is 79.8 cm³/mol. The van der Waals surface area contributed by atoms with Gasteiger partial charge in [-0.05, 0) is 41.2 Å². The van der Waals surface area contributed by atoms with Crippen molar-refractivity contribution in [2.24, 2.45) is 5.41 Å². The highest BCUT2D eigenvalue weighted by atomic mass is 16.5. The van der Waals surface area contributed by atoms with E-state index in [2.05, 4.69) is 13.8 Å². The molecule has 1 aromatic rings. The average molecular weight is 272 g/mol. The molecule has 1 N–H and O–H groups in total. The van der Waals surface area contributed by atoms with Gasteiger partial charge < -0.3 is 9.84 Å². The molecule has 3 heteroatoms. The van der Waals surface area contributed by atoms with Crippen molar-refractivity contribution in [1.82, 2.24) is 0 Å². The summed E-state index contributed by atoms with van der Waals surface area (Å²) in [6, 6.07) is 5.23. The quantitative estimate of drug-likeness (QED) is 0.912. The number of ether oxygens (including phenoxy) is 1. The summed E-state index contributed by atoms with van der Waals surface area (Å²) >= 11 is 0. The third-order valence-electron chi connectivity index (χ3n) is 3.37. The highest BCUT2D eigenvalue weighted by molar-refractivity contribution is 5.92. The van der Waals surface area contributed by atoms with Gasteiger partial charge in [-0.25, -0.2) is 0 Å². The van der Waals surface area contributed by atoms with Crippen LogP contribution in [0.2, 0.25) is 0 Å². The zero-order valence-electron chi connectivity index (χ0n) is 12.1. The summed E-state index contributed by atoms with van der Waals surface area (Å²) in [6.07, 6.45) is 7.05. The van der Waals surface area contributed by atoms with E-state index in [0.29, 0.717) is 12.2 Å². The van der Waals surface area contributed by atoms with Gasteiger partial charge in [0.15, 0.2) is 17.3 Å². The normalized spacial score (nSPS) is 18.1. The maximum absolute atomic E-state index is 11.7. The number of hydrogen-bond donors (Lipinski definition) is 1. The van der Waals surface area contributed by atoms with Crippen molar-refractivity contribution >= 4 is 11.9 Å². The molecule has 0 radical (unpaired) electrons. The van der Waals surface area contributed by atoms with Crippen LogP contribution in [-0.4, -0.2) is 18.0 Å². The molecule has 0 fully saturated rings. The number of benzene rings is 1. The Kier molecular flexibility index (Phi) is 3.98. The molecular formula is C17H20O3. The molecule has 0 aromatic heterocycles. The Morgan fingerprint density at radius 2 is 2.00 bits per heavy atom. The lowest BCUT2D eigenvalue weighted by Gasteiger charge is -2.27. The van der Waals surface area contributed by atoms with E-state index in [9.17, 15) is 9.90 Å². The molecule has 0 atom stereocenters. The third-order valence-corrected chi connectivity index (χ3v) is 3.37. The standard InChI is InChI=1S/C17H20O3/c1-17(2)10-13(8-14(18)11-17)5-4-12-6-7-16(20-3)15(19)9-12/h4-9,19H,10-11H2,1-3H3/b5-4+. The number of aromatic hydroxyl groups is 1. The molecule has 0 unspecified atom stereocenters. The van der Waals surface area contributed by atoms with Crippen LogP contribution in [0.5, 0.6) is 11.5 Å². The number of methoxy groups -OCH3 is 1. The molecule has 1 aliphatic carbocycles. The molecule has 3 nitrogen and oxygen atoms in total. The van der Waals surface area contributed by atoms with Crippen molar-refractivity contribution in [3.05, 3.63) is 41.5 Å². The van der Waals surface area contributed by atoms with Crippen molar-refractivity contribution in [3.63, 3.8) is 0 Å². The first kappa shape index (κ1) is 14.4. The fraction of sp³-hybridized carbons (Fsp3) is 0.353. The van der Waals surface area contributed by atoms with E-state index in [-0.39, 0.29) is 16.9 Å². The number of rotatable bonds is 3. The number of ketones is 1. The van der Waals surface area contributed by atoms with Gasteiger partial charge in [-0.15, -0.1) is 0 Å². The lowest BCUT2D eigenvalue weighted by molar-refractivity contribution is -0.116. The highest BCUT2D eigenvalue weighted by Gasteiger charge is 2.26. The van der Waals surface area contributed by atoms with Crippen LogP contribution in [0, 0.1) is 5.41 Å². The zero-order chi connectivity index (χ0) is 14.8. The van der Waals surface area contributed by atoms with Crippen molar-refractivity contribution in [3.8, 4) is 11.5 Å². The van der Waals surface area contributed by atoms with Crippen LogP contribution in [0.4, 0.5) is 0 Å². The van der Waals surface area contributed by atoms with E-state index in [1.807, 2.05) is 18.2 Å². The van der Waals surface area contributed by atoms with E-state index in [4.69, 9.17) is 4.74 Å².